The van der Waals surface area contributed by atoms with E-state index in [2.05, 4.69) is 10.9 Å². The van der Waals surface area contributed by atoms with E-state index in [0.717, 1.165) is 10.5 Å². The summed E-state index contributed by atoms with van der Waals surface area (Å²) >= 11 is 1.41. The number of methoxy groups -OCH3 is 1. The molecule has 0 aromatic heterocycles. The molecule has 2 N–H and O–H groups in total. The van der Waals surface area contributed by atoms with Crippen molar-refractivity contribution in [3.8, 4) is 5.75 Å². The van der Waals surface area contributed by atoms with Crippen molar-refractivity contribution in [2.45, 2.75) is 18.7 Å². The van der Waals surface area contributed by atoms with Crippen LogP contribution in [0.4, 0.5) is 0 Å². The molecule has 0 unspecified atom stereocenters. The van der Waals surface area contributed by atoms with Crippen molar-refractivity contribution in [2.75, 3.05) is 12.9 Å². The highest BCUT2D eigenvalue weighted by Gasteiger charge is 2.13. The molecule has 0 saturated carbocycles. The summed E-state index contributed by atoms with van der Waals surface area (Å²) in [6.45, 7) is 3.89. The van der Waals surface area contributed by atoms with E-state index in [9.17, 15) is 9.59 Å². The van der Waals surface area contributed by atoms with E-state index in [1.807, 2.05) is 44.2 Å². The molecule has 0 aliphatic carbocycles. The van der Waals surface area contributed by atoms with Crippen LogP contribution in [-0.2, 0) is 4.79 Å². The van der Waals surface area contributed by atoms with Crippen LogP contribution in [-0.4, -0.2) is 24.7 Å². The lowest BCUT2D eigenvalue weighted by atomic mass is 10.1. The maximum Gasteiger partial charge on any atom is 0.273 e. The number of hydrazine groups is 1. The molecule has 0 aliphatic rings. The summed E-state index contributed by atoms with van der Waals surface area (Å²) in [5, 5.41) is 0. The first-order valence-electron chi connectivity index (χ1n) is 7.43. The number of rotatable bonds is 5. The highest BCUT2D eigenvalue weighted by molar-refractivity contribution is 8.00. The zero-order chi connectivity index (χ0) is 17.5. The largest absolute Gasteiger partial charge is 0.496 e. The van der Waals surface area contributed by atoms with Crippen LogP contribution in [0.1, 0.15) is 21.5 Å². The van der Waals surface area contributed by atoms with Gasteiger partial charge in [0.1, 0.15) is 5.75 Å². The van der Waals surface area contributed by atoms with Gasteiger partial charge in [0, 0.05) is 4.90 Å². The Morgan fingerprint density at radius 2 is 1.67 bits per heavy atom. The minimum atomic E-state index is -0.413. The van der Waals surface area contributed by atoms with Crippen molar-refractivity contribution in [3.05, 3.63) is 59.2 Å². The number of benzene rings is 2. The van der Waals surface area contributed by atoms with E-state index in [0.29, 0.717) is 11.3 Å². The average molecular weight is 344 g/mol. The SMILES string of the molecule is COc1ccc(C)cc1C(=O)NNC(=O)CSc1ccc(C)cc1. The van der Waals surface area contributed by atoms with Crippen LogP contribution in [0.2, 0.25) is 0 Å². The highest BCUT2D eigenvalue weighted by atomic mass is 32.2. The molecule has 0 heterocycles. The smallest absolute Gasteiger partial charge is 0.273 e. The first-order chi connectivity index (χ1) is 11.5. The topological polar surface area (TPSA) is 67.4 Å². The number of carbonyl (C=O) groups is 2. The van der Waals surface area contributed by atoms with Gasteiger partial charge in [0.25, 0.3) is 5.91 Å². The van der Waals surface area contributed by atoms with Crippen LogP contribution in [0.15, 0.2) is 47.4 Å². The first kappa shape index (κ1) is 17.9. The lowest BCUT2D eigenvalue weighted by Gasteiger charge is -2.11. The molecule has 0 fully saturated rings. The molecule has 2 rings (SSSR count). The standard InChI is InChI=1S/C18H20N2O3S/c1-12-4-7-14(8-5-12)24-11-17(21)19-20-18(22)15-10-13(2)6-9-16(15)23-3/h4-10H,11H2,1-3H3,(H,19,21)(H,20,22). The van der Waals surface area contributed by atoms with E-state index in [1.54, 1.807) is 12.1 Å². The van der Waals surface area contributed by atoms with Gasteiger partial charge in [0.05, 0.1) is 18.4 Å². The molecule has 0 radical (unpaired) electrons. The molecule has 0 aliphatic heterocycles. The fraction of sp³-hybridized carbons (Fsp3) is 0.222. The van der Waals surface area contributed by atoms with Crippen molar-refractivity contribution in [1.29, 1.82) is 0 Å². The van der Waals surface area contributed by atoms with Crippen LogP contribution in [0.5, 0.6) is 5.75 Å². The first-order valence-corrected chi connectivity index (χ1v) is 8.41. The summed E-state index contributed by atoms with van der Waals surface area (Å²) in [6.07, 6.45) is 0. The fourth-order valence-corrected chi connectivity index (χ4v) is 2.71. The Bertz CT molecular complexity index is 730. The molecular weight excluding hydrogens is 324 g/mol. The number of hydrogen-bond donors (Lipinski definition) is 2. The molecule has 2 aromatic carbocycles. The van der Waals surface area contributed by atoms with E-state index in [4.69, 9.17) is 4.74 Å². The van der Waals surface area contributed by atoms with Gasteiger partial charge in [-0.15, -0.1) is 11.8 Å². The van der Waals surface area contributed by atoms with Crippen molar-refractivity contribution < 1.29 is 14.3 Å². The summed E-state index contributed by atoms with van der Waals surface area (Å²) < 4.78 is 5.17. The number of hydrogen-bond acceptors (Lipinski definition) is 4. The monoisotopic (exact) mass is 344 g/mol. The Morgan fingerprint density at radius 3 is 2.33 bits per heavy atom. The van der Waals surface area contributed by atoms with Crippen LogP contribution in [0, 0.1) is 13.8 Å². The van der Waals surface area contributed by atoms with Gasteiger partial charge in [-0.3, -0.25) is 20.4 Å². The molecule has 24 heavy (non-hydrogen) atoms. The van der Waals surface area contributed by atoms with Crippen LogP contribution < -0.4 is 15.6 Å². The molecule has 6 heteroatoms. The zero-order valence-corrected chi connectivity index (χ0v) is 14.7. The molecule has 0 spiro atoms. The number of aryl methyl sites for hydroxylation is 2. The number of thioether (sulfide) groups is 1. The molecule has 126 valence electrons. The molecule has 2 aromatic rings. The van der Waals surface area contributed by atoms with E-state index in [1.165, 1.54) is 24.4 Å². The van der Waals surface area contributed by atoms with E-state index < -0.39 is 5.91 Å². The summed E-state index contributed by atoms with van der Waals surface area (Å²) in [5.41, 5.74) is 7.31. The summed E-state index contributed by atoms with van der Waals surface area (Å²) in [4.78, 5) is 25.0. The molecule has 0 bridgehead atoms. The molecule has 5 nitrogen and oxygen atoms in total. The Hall–Kier alpha value is -2.47. The fourth-order valence-electron chi connectivity index (χ4n) is 2.01. The third kappa shape index (κ3) is 5.03. The summed E-state index contributed by atoms with van der Waals surface area (Å²) in [5.74, 6) is -0.0138. The second-order valence-corrected chi connectivity index (χ2v) is 6.36. The third-order valence-electron chi connectivity index (χ3n) is 3.31. The Balaban J connectivity index is 1.86. The quantitative estimate of drug-likeness (QED) is 0.646. The van der Waals surface area contributed by atoms with Gasteiger partial charge >= 0.3 is 0 Å². The third-order valence-corrected chi connectivity index (χ3v) is 4.32. The van der Waals surface area contributed by atoms with Crippen molar-refractivity contribution in [1.82, 2.24) is 10.9 Å². The maximum atomic E-state index is 12.2. The normalized spacial score (nSPS) is 10.1. The molecule has 0 atom stereocenters. The minimum absolute atomic E-state index is 0.217. The predicted octanol–water partition coefficient (Wildman–Crippen LogP) is 2.87. The minimum Gasteiger partial charge on any atom is -0.496 e. The van der Waals surface area contributed by atoms with Gasteiger partial charge in [-0.2, -0.15) is 0 Å². The van der Waals surface area contributed by atoms with Crippen molar-refractivity contribution in [2.24, 2.45) is 0 Å². The zero-order valence-electron chi connectivity index (χ0n) is 13.9. The van der Waals surface area contributed by atoms with E-state index >= 15 is 0 Å². The number of ether oxygens (including phenoxy) is 1. The summed E-state index contributed by atoms with van der Waals surface area (Å²) in [7, 11) is 1.50. The lowest BCUT2D eigenvalue weighted by Crippen LogP contribution is -2.42. The maximum absolute atomic E-state index is 12.2. The second kappa shape index (κ2) is 8.40. The van der Waals surface area contributed by atoms with E-state index in [-0.39, 0.29) is 11.7 Å². The average Bonchev–Trinajstić information content (AvgIpc) is 2.59. The number of amides is 2. The van der Waals surface area contributed by atoms with Gasteiger partial charge < -0.3 is 4.74 Å². The van der Waals surface area contributed by atoms with Crippen molar-refractivity contribution >= 4 is 23.6 Å². The van der Waals surface area contributed by atoms with Gasteiger partial charge in [0.2, 0.25) is 5.91 Å². The predicted molar refractivity (Wildman–Crippen MR) is 95.2 cm³/mol. The van der Waals surface area contributed by atoms with Crippen molar-refractivity contribution in [3.63, 3.8) is 0 Å². The molecule has 0 saturated heterocycles. The molecule has 2 amide bonds. The Morgan fingerprint density at radius 1 is 1.00 bits per heavy atom. The van der Waals surface area contributed by atoms with Gasteiger partial charge in [-0.1, -0.05) is 29.3 Å². The highest BCUT2D eigenvalue weighted by Crippen LogP contribution is 2.19. The van der Waals surface area contributed by atoms with Gasteiger partial charge in [-0.25, -0.2) is 0 Å². The Labute approximate surface area is 145 Å². The molecular formula is C18H20N2O3S. The van der Waals surface area contributed by atoms with Gasteiger partial charge in [-0.05, 0) is 38.1 Å². The summed E-state index contributed by atoms with van der Waals surface area (Å²) in [6, 6.07) is 13.2. The number of carbonyl (C=O) groups excluding carboxylic acids is 2. The lowest BCUT2D eigenvalue weighted by molar-refractivity contribution is -0.119. The van der Waals surface area contributed by atoms with Crippen LogP contribution in [0.3, 0.4) is 0 Å². The Kier molecular flexibility index (Phi) is 6.26. The van der Waals surface area contributed by atoms with Crippen LogP contribution >= 0.6 is 11.8 Å². The second-order valence-electron chi connectivity index (χ2n) is 5.31. The van der Waals surface area contributed by atoms with Crippen LogP contribution in [0.25, 0.3) is 0 Å². The number of nitrogens with one attached hydrogen (secondary N) is 2. The van der Waals surface area contributed by atoms with Gasteiger partial charge in [0.15, 0.2) is 0 Å².